The van der Waals surface area contributed by atoms with Gasteiger partial charge in [0.15, 0.2) is 5.78 Å². The third-order valence-electron chi connectivity index (χ3n) is 8.43. The fourth-order valence-electron chi connectivity index (χ4n) is 5.88. The van der Waals surface area contributed by atoms with Crippen molar-refractivity contribution >= 4 is 17.4 Å². The van der Waals surface area contributed by atoms with Gasteiger partial charge in [-0.3, -0.25) is 14.5 Å². The van der Waals surface area contributed by atoms with Crippen LogP contribution >= 0.6 is 0 Å². The Morgan fingerprint density at radius 1 is 0.976 bits per heavy atom. The predicted molar refractivity (Wildman–Crippen MR) is 165 cm³/mol. The van der Waals surface area contributed by atoms with E-state index in [9.17, 15) is 19.1 Å². The molecule has 2 aromatic carbocycles. The second-order valence-electron chi connectivity index (χ2n) is 11.8. The van der Waals surface area contributed by atoms with E-state index in [4.69, 9.17) is 4.74 Å². The molecule has 0 aromatic heterocycles. The minimum absolute atomic E-state index is 0.00839. The van der Waals surface area contributed by atoms with E-state index < -0.39 is 6.10 Å². The van der Waals surface area contributed by atoms with E-state index >= 15 is 0 Å². The maximum atomic E-state index is 13.6. The zero-order chi connectivity index (χ0) is 30.2. The number of allylic oxidation sites excluding steroid dienone is 1. The molecular weight excluding hydrogens is 533 g/mol. The van der Waals surface area contributed by atoms with Gasteiger partial charge in [-0.15, -0.1) is 0 Å². The molecule has 0 spiro atoms. The molecule has 4 rings (SSSR count). The molecule has 0 aliphatic carbocycles. The molecule has 228 valence electrons. The summed E-state index contributed by atoms with van der Waals surface area (Å²) in [5.41, 5.74) is 3.30. The lowest BCUT2D eigenvalue weighted by Crippen LogP contribution is -2.49. The number of aliphatic hydroxyl groups excluding tert-OH is 1. The number of likely N-dealkylation sites (tertiary alicyclic amines) is 1. The summed E-state index contributed by atoms with van der Waals surface area (Å²) in [6.07, 6.45) is 1.68. The first-order valence-electron chi connectivity index (χ1n) is 15.3. The maximum absolute atomic E-state index is 13.6. The highest BCUT2D eigenvalue weighted by molar-refractivity contribution is 5.98. The first-order chi connectivity index (χ1) is 20.2. The van der Waals surface area contributed by atoms with Crippen molar-refractivity contribution < 1.29 is 23.8 Å². The van der Waals surface area contributed by atoms with Gasteiger partial charge >= 0.3 is 0 Å². The minimum Gasteiger partial charge on any atom is -0.489 e. The quantitative estimate of drug-likeness (QED) is 0.287. The van der Waals surface area contributed by atoms with Crippen LogP contribution in [0.1, 0.15) is 63.7 Å². The van der Waals surface area contributed by atoms with Crippen LogP contribution in [0.25, 0.3) is 0 Å². The fourth-order valence-corrected chi connectivity index (χ4v) is 5.88. The molecule has 2 aromatic rings. The summed E-state index contributed by atoms with van der Waals surface area (Å²) in [6, 6.07) is 13.8. The predicted octanol–water partition coefficient (Wildman–Crippen LogP) is 5.33. The van der Waals surface area contributed by atoms with E-state index in [1.54, 1.807) is 0 Å². The number of carbonyl (C=O) groups is 2. The van der Waals surface area contributed by atoms with Crippen molar-refractivity contribution in [2.75, 3.05) is 50.7 Å². The van der Waals surface area contributed by atoms with Gasteiger partial charge in [-0.2, -0.15) is 0 Å². The zero-order valence-corrected chi connectivity index (χ0v) is 25.5. The first kappa shape index (κ1) is 31.7. The van der Waals surface area contributed by atoms with Gasteiger partial charge in [-0.25, -0.2) is 4.39 Å². The highest BCUT2D eigenvalue weighted by Gasteiger charge is 2.31. The summed E-state index contributed by atoms with van der Waals surface area (Å²) in [6.45, 7) is 12.9. The van der Waals surface area contributed by atoms with Gasteiger partial charge in [0.1, 0.15) is 11.6 Å². The Hall–Kier alpha value is -3.23. The summed E-state index contributed by atoms with van der Waals surface area (Å²) in [5, 5.41) is 11.1. The average Bonchev–Trinajstić information content (AvgIpc) is 3.00. The SMILES string of the molecule is CCC(C)=C(CC(O)CN1CCN(c2ccccc2OC(C)C)CC1)C(=O)N1CCC(C(=O)c2ccc(F)cc2)CC1. The van der Waals surface area contributed by atoms with E-state index in [2.05, 4.69) is 15.9 Å². The Kier molecular flexibility index (Phi) is 11.2. The van der Waals surface area contributed by atoms with Crippen LogP contribution in [0.5, 0.6) is 5.75 Å². The third-order valence-corrected chi connectivity index (χ3v) is 8.43. The molecule has 1 atom stereocenters. The maximum Gasteiger partial charge on any atom is 0.249 e. The van der Waals surface area contributed by atoms with E-state index in [-0.39, 0.29) is 29.5 Å². The highest BCUT2D eigenvalue weighted by atomic mass is 19.1. The van der Waals surface area contributed by atoms with Crippen LogP contribution < -0.4 is 9.64 Å². The standard InChI is InChI=1S/C34H46FN3O4/c1-5-25(4)30(34(41)38-16-14-27(15-17-38)33(40)26-10-12-28(35)13-11-26)22-29(39)23-36-18-20-37(21-19-36)31-8-6-7-9-32(31)42-24(2)3/h6-13,24,27,29,39H,5,14-23H2,1-4H3. The van der Waals surface area contributed by atoms with Gasteiger partial charge in [-0.05, 0) is 76.4 Å². The normalized spacial score (nSPS) is 18.2. The van der Waals surface area contributed by atoms with Gasteiger partial charge in [0.25, 0.3) is 0 Å². The molecule has 8 heteroatoms. The number of halogens is 1. The number of para-hydroxylation sites is 2. The zero-order valence-electron chi connectivity index (χ0n) is 25.5. The number of hydrogen-bond donors (Lipinski definition) is 1. The number of nitrogens with zero attached hydrogens (tertiary/aromatic N) is 3. The second kappa shape index (κ2) is 14.8. The molecule has 7 nitrogen and oxygen atoms in total. The van der Waals surface area contributed by atoms with Crippen molar-refractivity contribution in [1.29, 1.82) is 0 Å². The molecule has 2 heterocycles. The van der Waals surface area contributed by atoms with Gasteiger partial charge in [0, 0.05) is 69.3 Å². The number of hydrogen-bond acceptors (Lipinski definition) is 6. The average molecular weight is 580 g/mol. The number of piperazine rings is 1. The number of ketones is 1. The number of piperidine rings is 1. The monoisotopic (exact) mass is 579 g/mol. The Labute approximate surface area is 249 Å². The molecule has 2 fully saturated rings. The molecule has 2 aliphatic heterocycles. The molecule has 1 N–H and O–H groups in total. The van der Waals surface area contributed by atoms with E-state index in [1.165, 1.54) is 24.3 Å². The Morgan fingerprint density at radius 2 is 1.62 bits per heavy atom. The van der Waals surface area contributed by atoms with Crippen LogP contribution in [-0.4, -0.2) is 84.6 Å². The van der Waals surface area contributed by atoms with Crippen LogP contribution in [0.15, 0.2) is 59.7 Å². The van der Waals surface area contributed by atoms with Crippen molar-refractivity contribution in [1.82, 2.24) is 9.80 Å². The molecule has 0 saturated carbocycles. The Balaban J connectivity index is 1.29. The summed E-state index contributed by atoms with van der Waals surface area (Å²) >= 11 is 0. The van der Waals surface area contributed by atoms with Crippen LogP contribution in [0.2, 0.25) is 0 Å². The second-order valence-corrected chi connectivity index (χ2v) is 11.8. The van der Waals surface area contributed by atoms with Gasteiger partial charge in [0.2, 0.25) is 5.91 Å². The molecular formula is C34H46FN3O4. The van der Waals surface area contributed by atoms with Crippen LogP contribution in [0.3, 0.4) is 0 Å². The van der Waals surface area contributed by atoms with Crippen LogP contribution in [-0.2, 0) is 4.79 Å². The Morgan fingerprint density at radius 3 is 2.24 bits per heavy atom. The molecule has 42 heavy (non-hydrogen) atoms. The summed E-state index contributed by atoms with van der Waals surface area (Å²) in [4.78, 5) is 32.9. The lowest BCUT2D eigenvalue weighted by Gasteiger charge is -2.38. The lowest BCUT2D eigenvalue weighted by molar-refractivity contribution is -0.128. The number of amides is 1. The fraction of sp³-hybridized carbons (Fsp3) is 0.529. The third kappa shape index (κ3) is 8.19. The van der Waals surface area contributed by atoms with E-state index in [0.717, 1.165) is 49.6 Å². The molecule has 0 bridgehead atoms. The Bertz CT molecular complexity index is 1230. The van der Waals surface area contributed by atoms with Gasteiger partial charge in [0.05, 0.1) is 17.9 Å². The smallest absolute Gasteiger partial charge is 0.249 e. The summed E-state index contributed by atoms with van der Waals surface area (Å²) in [5.74, 6) is 0.335. The number of Topliss-reactive ketones (excluding diaryl/α,β-unsaturated/α-hetero) is 1. The van der Waals surface area contributed by atoms with Crippen LogP contribution in [0, 0.1) is 11.7 Å². The number of rotatable bonds is 11. The summed E-state index contributed by atoms with van der Waals surface area (Å²) < 4.78 is 19.3. The van der Waals surface area contributed by atoms with Crippen molar-refractivity contribution in [2.45, 2.75) is 65.6 Å². The van der Waals surface area contributed by atoms with Crippen molar-refractivity contribution in [3.8, 4) is 5.75 Å². The minimum atomic E-state index is -0.647. The number of benzene rings is 2. The number of ether oxygens (including phenoxy) is 1. The molecule has 1 amide bonds. The van der Waals surface area contributed by atoms with Crippen molar-refractivity contribution in [3.05, 3.63) is 71.1 Å². The molecule has 2 saturated heterocycles. The number of anilines is 1. The van der Waals surface area contributed by atoms with Crippen LogP contribution in [0.4, 0.5) is 10.1 Å². The van der Waals surface area contributed by atoms with E-state index in [1.807, 2.05) is 50.8 Å². The van der Waals surface area contributed by atoms with Crippen molar-refractivity contribution in [2.24, 2.45) is 5.92 Å². The first-order valence-corrected chi connectivity index (χ1v) is 15.3. The molecule has 0 radical (unpaired) electrons. The largest absolute Gasteiger partial charge is 0.489 e. The molecule has 2 aliphatic rings. The lowest BCUT2D eigenvalue weighted by atomic mass is 9.88. The van der Waals surface area contributed by atoms with Gasteiger partial charge in [-0.1, -0.05) is 24.6 Å². The van der Waals surface area contributed by atoms with E-state index in [0.29, 0.717) is 50.0 Å². The number of β-amino-alcohol motifs (C(OH)–C–C–N with tert-alkyl or cyclic N) is 1. The van der Waals surface area contributed by atoms with Crippen molar-refractivity contribution in [3.63, 3.8) is 0 Å². The number of aliphatic hydroxyl groups is 1. The van der Waals surface area contributed by atoms with Gasteiger partial charge < -0.3 is 19.6 Å². The highest BCUT2D eigenvalue weighted by Crippen LogP contribution is 2.30. The number of carbonyl (C=O) groups excluding carboxylic acids is 2. The topological polar surface area (TPSA) is 73.3 Å². The summed E-state index contributed by atoms with van der Waals surface area (Å²) in [7, 11) is 0. The molecule has 1 unspecified atom stereocenters.